The van der Waals surface area contributed by atoms with E-state index < -0.39 is 0 Å². The number of rotatable bonds is 5. The summed E-state index contributed by atoms with van der Waals surface area (Å²) in [5.41, 5.74) is 4.46. The number of thioether (sulfide) groups is 1. The fourth-order valence-electron chi connectivity index (χ4n) is 2.66. The smallest absolute Gasteiger partial charge is 0.0202 e. The highest BCUT2D eigenvalue weighted by molar-refractivity contribution is 7.99. The molecule has 0 radical (unpaired) electrons. The van der Waals surface area contributed by atoms with Crippen LogP contribution in [0.25, 0.3) is 0 Å². The van der Waals surface area contributed by atoms with Gasteiger partial charge in [-0.1, -0.05) is 36.4 Å². The molecule has 19 heavy (non-hydrogen) atoms. The highest BCUT2D eigenvalue weighted by atomic mass is 32.2. The predicted octanol–water partition coefficient (Wildman–Crippen LogP) is 3.84. The van der Waals surface area contributed by atoms with E-state index in [1.165, 1.54) is 28.2 Å². The maximum atomic E-state index is 3.20. The summed E-state index contributed by atoms with van der Waals surface area (Å²) in [6.07, 6.45) is 1.25. The average molecular weight is 269 g/mol. The monoisotopic (exact) mass is 269 g/mol. The zero-order chi connectivity index (χ0) is 13.1. The standard InChI is InChI=1S/C17H19NS/c1-18-11-13-5-4-7-16(9-13)19-12-15-10-14-6-2-3-8-17(14)15/h2-9,15,18H,10-12H2,1H3. The lowest BCUT2D eigenvalue weighted by Gasteiger charge is -2.29. The third-order valence-corrected chi connectivity index (χ3v) is 4.85. The number of fused-ring (bicyclic) bond motifs is 1. The molecule has 1 unspecified atom stereocenters. The van der Waals surface area contributed by atoms with E-state index in [1.807, 2.05) is 18.8 Å². The van der Waals surface area contributed by atoms with Crippen molar-refractivity contribution >= 4 is 11.8 Å². The summed E-state index contributed by atoms with van der Waals surface area (Å²) >= 11 is 1.98. The fraction of sp³-hybridized carbons (Fsp3) is 0.294. The fourth-order valence-corrected chi connectivity index (χ4v) is 3.76. The largest absolute Gasteiger partial charge is 0.316 e. The molecule has 2 aromatic carbocycles. The molecule has 0 aliphatic heterocycles. The Kier molecular flexibility index (Phi) is 3.90. The second kappa shape index (κ2) is 5.81. The molecule has 3 rings (SSSR count). The van der Waals surface area contributed by atoms with Gasteiger partial charge in [-0.2, -0.15) is 0 Å². The topological polar surface area (TPSA) is 12.0 Å². The van der Waals surface area contributed by atoms with Crippen molar-refractivity contribution in [2.45, 2.75) is 23.8 Å². The van der Waals surface area contributed by atoms with Gasteiger partial charge in [-0.05, 0) is 48.2 Å². The summed E-state index contributed by atoms with van der Waals surface area (Å²) in [7, 11) is 1.99. The van der Waals surface area contributed by atoms with Crippen molar-refractivity contribution in [1.82, 2.24) is 5.32 Å². The van der Waals surface area contributed by atoms with Crippen molar-refractivity contribution in [2.75, 3.05) is 12.8 Å². The van der Waals surface area contributed by atoms with E-state index in [2.05, 4.69) is 53.8 Å². The second-order valence-electron chi connectivity index (χ2n) is 5.09. The minimum Gasteiger partial charge on any atom is -0.316 e. The molecular formula is C17H19NS. The van der Waals surface area contributed by atoms with E-state index in [0.717, 1.165) is 12.5 Å². The molecule has 1 aliphatic rings. The summed E-state index contributed by atoms with van der Waals surface area (Å²) in [6.45, 7) is 0.945. The summed E-state index contributed by atoms with van der Waals surface area (Å²) in [6, 6.07) is 17.7. The normalized spacial score (nSPS) is 16.8. The third kappa shape index (κ3) is 2.85. The van der Waals surface area contributed by atoms with Crippen LogP contribution in [0.2, 0.25) is 0 Å². The number of hydrogen-bond acceptors (Lipinski definition) is 2. The van der Waals surface area contributed by atoms with E-state index in [-0.39, 0.29) is 0 Å². The second-order valence-corrected chi connectivity index (χ2v) is 6.18. The molecule has 1 nitrogen and oxygen atoms in total. The van der Waals surface area contributed by atoms with Crippen LogP contribution in [0, 0.1) is 0 Å². The van der Waals surface area contributed by atoms with Crippen LogP contribution in [-0.4, -0.2) is 12.8 Å². The highest BCUT2D eigenvalue weighted by Crippen LogP contribution is 2.38. The van der Waals surface area contributed by atoms with Gasteiger partial charge in [0.05, 0.1) is 0 Å². The lowest BCUT2D eigenvalue weighted by molar-refractivity contribution is 0.677. The summed E-state index contributed by atoms with van der Waals surface area (Å²) in [5, 5.41) is 3.20. The predicted molar refractivity (Wildman–Crippen MR) is 82.8 cm³/mol. The third-order valence-electron chi connectivity index (χ3n) is 3.69. The van der Waals surface area contributed by atoms with Crippen LogP contribution in [-0.2, 0) is 13.0 Å². The van der Waals surface area contributed by atoms with E-state index >= 15 is 0 Å². The zero-order valence-corrected chi connectivity index (χ0v) is 12.0. The van der Waals surface area contributed by atoms with Gasteiger partial charge in [0.1, 0.15) is 0 Å². The SMILES string of the molecule is CNCc1cccc(SCC2Cc3ccccc32)c1. The maximum Gasteiger partial charge on any atom is 0.0202 e. The van der Waals surface area contributed by atoms with Crippen LogP contribution < -0.4 is 5.32 Å². The van der Waals surface area contributed by atoms with Gasteiger partial charge in [0.15, 0.2) is 0 Å². The molecule has 98 valence electrons. The molecule has 2 heteroatoms. The molecule has 2 aromatic rings. The first-order valence-corrected chi connectivity index (χ1v) is 7.79. The van der Waals surface area contributed by atoms with Gasteiger partial charge in [-0.25, -0.2) is 0 Å². The van der Waals surface area contributed by atoms with E-state index in [1.54, 1.807) is 5.56 Å². The first-order valence-electron chi connectivity index (χ1n) is 6.81. The van der Waals surface area contributed by atoms with Crippen molar-refractivity contribution < 1.29 is 0 Å². The van der Waals surface area contributed by atoms with Gasteiger partial charge < -0.3 is 5.32 Å². The van der Waals surface area contributed by atoms with E-state index in [9.17, 15) is 0 Å². The van der Waals surface area contributed by atoms with E-state index in [0.29, 0.717) is 0 Å². The molecule has 0 saturated heterocycles. The van der Waals surface area contributed by atoms with Crippen LogP contribution in [0.15, 0.2) is 53.4 Å². The first kappa shape index (κ1) is 12.8. The lowest BCUT2D eigenvalue weighted by atomic mass is 9.79. The summed E-state index contributed by atoms with van der Waals surface area (Å²) < 4.78 is 0. The minimum absolute atomic E-state index is 0.745. The first-order chi connectivity index (χ1) is 9.36. The van der Waals surface area contributed by atoms with Crippen LogP contribution in [0.3, 0.4) is 0 Å². The lowest BCUT2D eigenvalue weighted by Crippen LogP contribution is -2.18. The van der Waals surface area contributed by atoms with Crippen molar-refractivity contribution in [3.8, 4) is 0 Å². The zero-order valence-electron chi connectivity index (χ0n) is 11.2. The Balaban J connectivity index is 1.60. The van der Waals surface area contributed by atoms with Crippen LogP contribution in [0.5, 0.6) is 0 Å². The molecule has 0 bridgehead atoms. The Hall–Kier alpha value is -1.25. The highest BCUT2D eigenvalue weighted by Gasteiger charge is 2.24. The minimum atomic E-state index is 0.745. The van der Waals surface area contributed by atoms with Crippen molar-refractivity contribution in [1.29, 1.82) is 0 Å². The van der Waals surface area contributed by atoms with Gasteiger partial charge in [0.25, 0.3) is 0 Å². The average Bonchev–Trinajstić information content (AvgIpc) is 2.41. The molecule has 1 aliphatic carbocycles. The van der Waals surface area contributed by atoms with Gasteiger partial charge in [0, 0.05) is 17.2 Å². The van der Waals surface area contributed by atoms with Crippen LogP contribution >= 0.6 is 11.8 Å². The Morgan fingerprint density at radius 3 is 2.89 bits per heavy atom. The molecule has 0 aromatic heterocycles. The Labute approximate surface area is 119 Å². The molecule has 1 atom stereocenters. The van der Waals surface area contributed by atoms with Crippen molar-refractivity contribution in [3.05, 3.63) is 65.2 Å². The van der Waals surface area contributed by atoms with Crippen molar-refractivity contribution in [2.24, 2.45) is 0 Å². The molecule has 0 saturated carbocycles. The van der Waals surface area contributed by atoms with E-state index in [4.69, 9.17) is 0 Å². The number of nitrogens with one attached hydrogen (secondary N) is 1. The molecule has 0 fully saturated rings. The Bertz CT molecular complexity index is 565. The molecule has 0 spiro atoms. The molecule has 1 N–H and O–H groups in total. The summed E-state index contributed by atoms with van der Waals surface area (Å²) in [4.78, 5) is 1.39. The van der Waals surface area contributed by atoms with Crippen molar-refractivity contribution in [3.63, 3.8) is 0 Å². The summed E-state index contributed by atoms with van der Waals surface area (Å²) in [5.74, 6) is 1.94. The Morgan fingerprint density at radius 2 is 2.05 bits per heavy atom. The van der Waals surface area contributed by atoms with Gasteiger partial charge in [0.2, 0.25) is 0 Å². The Morgan fingerprint density at radius 1 is 1.16 bits per heavy atom. The number of benzene rings is 2. The van der Waals surface area contributed by atoms with Gasteiger partial charge >= 0.3 is 0 Å². The van der Waals surface area contributed by atoms with Crippen LogP contribution in [0.4, 0.5) is 0 Å². The quantitative estimate of drug-likeness (QED) is 0.828. The molecule has 0 heterocycles. The molecule has 0 amide bonds. The maximum absolute atomic E-state index is 3.20. The van der Waals surface area contributed by atoms with Gasteiger partial charge in [-0.3, -0.25) is 0 Å². The van der Waals surface area contributed by atoms with Gasteiger partial charge in [-0.15, -0.1) is 11.8 Å². The van der Waals surface area contributed by atoms with Crippen LogP contribution in [0.1, 0.15) is 22.6 Å². The molecular weight excluding hydrogens is 250 g/mol. The number of hydrogen-bond donors (Lipinski definition) is 1.